The van der Waals surface area contributed by atoms with E-state index < -0.39 is 10.0 Å². The second-order valence-corrected chi connectivity index (χ2v) is 9.54. The molecule has 0 spiro atoms. The number of sulfonamides is 1. The summed E-state index contributed by atoms with van der Waals surface area (Å²) in [6.45, 7) is 1.05. The van der Waals surface area contributed by atoms with Gasteiger partial charge in [0.2, 0.25) is 0 Å². The van der Waals surface area contributed by atoms with Crippen LogP contribution in [0.5, 0.6) is 0 Å². The van der Waals surface area contributed by atoms with Gasteiger partial charge in [-0.2, -0.15) is 0 Å². The third-order valence-corrected chi connectivity index (χ3v) is 7.68. The van der Waals surface area contributed by atoms with Crippen LogP contribution in [-0.4, -0.2) is 27.4 Å². The number of carbonyl (C=O) groups is 1. The van der Waals surface area contributed by atoms with Crippen molar-refractivity contribution in [3.8, 4) is 0 Å². The van der Waals surface area contributed by atoms with E-state index in [1.54, 1.807) is 23.1 Å². The number of anilines is 2. The van der Waals surface area contributed by atoms with Crippen LogP contribution in [0.2, 0.25) is 0 Å². The van der Waals surface area contributed by atoms with Crippen LogP contribution in [0.1, 0.15) is 27.9 Å². The van der Waals surface area contributed by atoms with Crippen LogP contribution < -0.4 is 9.21 Å². The minimum atomic E-state index is -3.75. The van der Waals surface area contributed by atoms with Crippen molar-refractivity contribution in [2.75, 3.05) is 22.3 Å². The fraction of sp³-hybridized carbons (Fsp3) is 0.208. The van der Waals surface area contributed by atoms with Crippen molar-refractivity contribution in [2.24, 2.45) is 0 Å². The lowest BCUT2D eigenvalue weighted by atomic mass is 10.0. The van der Waals surface area contributed by atoms with Crippen LogP contribution >= 0.6 is 0 Å². The summed E-state index contributed by atoms with van der Waals surface area (Å²) >= 11 is 0. The Bertz CT molecular complexity index is 1240. The molecule has 2 heterocycles. The van der Waals surface area contributed by atoms with Gasteiger partial charge in [0.15, 0.2) is 0 Å². The molecule has 152 valence electrons. The summed E-state index contributed by atoms with van der Waals surface area (Å²) in [5, 5.41) is 0. The number of aryl methyl sites for hydroxylation is 1. The summed E-state index contributed by atoms with van der Waals surface area (Å²) in [6.07, 6.45) is 2.46. The molecule has 5 nitrogen and oxygen atoms in total. The highest BCUT2D eigenvalue weighted by Gasteiger charge is 2.30. The fourth-order valence-electron chi connectivity index (χ4n) is 4.37. The van der Waals surface area contributed by atoms with Crippen molar-refractivity contribution in [1.29, 1.82) is 0 Å². The Morgan fingerprint density at radius 2 is 1.47 bits per heavy atom. The zero-order valence-corrected chi connectivity index (χ0v) is 17.3. The zero-order valence-electron chi connectivity index (χ0n) is 16.5. The van der Waals surface area contributed by atoms with E-state index in [9.17, 15) is 13.2 Å². The predicted octanol–water partition coefficient (Wildman–Crippen LogP) is 4.03. The lowest BCUT2D eigenvalue weighted by Crippen LogP contribution is -2.35. The molecule has 5 rings (SSSR count). The summed E-state index contributed by atoms with van der Waals surface area (Å²) in [7, 11) is -3.75. The Kier molecular flexibility index (Phi) is 4.59. The van der Waals surface area contributed by atoms with Crippen molar-refractivity contribution in [1.82, 2.24) is 0 Å². The van der Waals surface area contributed by atoms with E-state index in [0.29, 0.717) is 18.7 Å². The molecule has 30 heavy (non-hydrogen) atoms. The molecule has 0 N–H and O–H groups in total. The van der Waals surface area contributed by atoms with Crippen LogP contribution in [-0.2, 0) is 22.9 Å². The number of carbonyl (C=O) groups excluding carboxylic acids is 1. The van der Waals surface area contributed by atoms with Crippen molar-refractivity contribution in [3.05, 3.63) is 89.5 Å². The molecule has 3 aromatic rings. The largest absolute Gasteiger partial charge is 0.308 e. The van der Waals surface area contributed by atoms with Gasteiger partial charge in [-0.25, -0.2) is 8.42 Å². The topological polar surface area (TPSA) is 57.7 Å². The Morgan fingerprint density at radius 3 is 2.27 bits per heavy atom. The number of para-hydroxylation sites is 2. The molecule has 0 aromatic heterocycles. The molecule has 0 bridgehead atoms. The Morgan fingerprint density at radius 1 is 0.767 bits per heavy atom. The molecule has 2 aliphatic heterocycles. The predicted molar refractivity (Wildman–Crippen MR) is 118 cm³/mol. The smallest absolute Gasteiger partial charge is 0.264 e. The van der Waals surface area contributed by atoms with Gasteiger partial charge in [0.1, 0.15) is 0 Å². The molecule has 6 heteroatoms. The maximum atomic E-state index is 13.4. The minimum absolute atomic E-state index is 0.150. The average Bonchev–Trinajstić information content (AvgIpc) is 3.22. The molecule has 0 atom stereocenters. The third kappa shape index (κ3) is 3.08. The zero-order chi connectivity index (χ0) is 20.7. The minimum Gasteiger partial charge on any atom is -0.308 e. The van der Waals surface area contributed by atoms with E-state index in [1.165, 1.54) is 10.4 Å². The number of hydrogen-bond acceptors (Lipinski definition) is 3. The molecular formula is C24H22N2O3S. The standard InChI is InChI=1S/C24H22N2O3S/c27-24(25-16-14-19-8-1-3-12-22(19)25)20-9-5-11-21(17-20)30(28,29)26-15-6-10-18-7-2-4-13-23(18)26/h1-5,7-9,11-13,17H,6,10,14-16H2. The fourth-order valence-corrected chi connectivity index (χ4v) is 5.96. The molecule has 0 fully saturated rings. The highest BCUT2D eigenvalue weighted by Crippen LogP contribution is 2.33. The van der Waals surface area contributed by atoms with Gasteiger partial charge in [-0.05, 0) is 60.7 Å². The summed E-state index contributed by atoms with van der Waals surface area (Å²) in [5.41, 5.74) is 4.19. The summed E-state index contributed by atoms with van der Waals surface area (Å²) in [6, 6.07) is 21.9. The van der Waals surface area contributed by atoms with Gasteiger partial charge in [0, 0.05) is 24.3 Å². The number of rotatable bonds is 3. The number of nitrogens with zero attached hydrogens (tertiary/aromatic N) is 2. The second kappa shape index (κ2) is 7.29. The van der Waals surface area contributed by atoms with E-state index >= 15 is 0 Å². The number of amides is 1. The van der Waals surface area contributed by atoms with E-state index in [4.69, 9.17) is 0 Å². The van der Waals surface area contributed by atoms with Crippen molar-refractivity contribution < 1.29 is 13.2 Å². The van der Waals surface area contributed by atoms with Crippen molar-refractivity contribution >= 4 is 27.3 Å². The van der Waals surface area contributed by atoms with Crippen LogP contribution in [0.3, 0.4) is 0 Å². The van der Waals surface area contributed by atoms with Crippen LogP contribution in [0.4, 0.5) is 11.4 Å². The maximum absolute atomic E-state index is 13.4. The normalized spacial score (nSPS) is 15.6. The van der Waals surface area contributed by atoms with E-state index in [2.05, 4.69) is 0 Å². The van der Waals surface area contributed by atoms with Crippen LogP contribution in [0.15, 0.2) is 77.7 Å². The van der Waals surface area contributed by atoms with E-state index in [-0.39, 0.29) is 10.8 Å². The third-order valence-electron chi connectivity index (χ3n) is 5.87. The second-order valence-electron chi connectivity index (χ2n) is 7.67. The Hall–Kier alpha value is -3.12. The number of benzene rings is 3. The molecule has 2 aliphatic rings. The van der Waals surface area contributed by atoms with Gasteiger partial charge in [0.25, 0.3) is 15.9 Å². The molecule has 0 unspecified atom stereocenters. The van der Waals surface area contributed by atoms with Gasteiger partial charge in [-0.15, -0.1) is 0 Å². The van der Waals surface area contributed by atoms with Gasteiger partial charge in [-0.1, -0.05) is 42.5 Å². The maximum Gasteiger partial charge on any atom is 0.264 e. The lowest BCUT2D eigenvalue weighted by Gasteiger charge is -2.30. The van der Waals surface area contributed by atoms with Crippen molar-refractivity contribution in [3.63, 3.8) is 0 Å². The molecule has 0 radical (unpaired) electrons. The van der Waals surface area contributed by atoms with Crippen LogP contribution in [0, 0.1) is 0 Å². The lowest BCUT2D eigenvalue weighted by molar-refractivity contribution is 0.0989. The first kappa shape index (κ1) is 18.9. The molecule has 3 aromatic carbocycles. The van der Waals surface area contributed by atoms with Crippen molar-refractivity contribution in [2.45, 2.75) is 24.2 Å². The summed E-state index contributed by atoms with van der Waals surface area (Å²) < 4.78 is 28.4. The molecule has 0 saturated heterocycles. The number of fused-ring (bicyclic) bond motifs is 2. The van der Waals surface area contributed by atoms with E-state index in [1.807, 2.05) is 48.5 Å². The highest BCUT2D eigenvalue weighted by molar-refractivity contribution is 7.92. The Balaban J connectivity index is 1.49. The van der Waals surface area contributed by atoms with Crippen LogP contribution in [0.25, 0.3) is 0 Å². The first-order valence-corrected chi connectivity index (χ1v) is 11.6. The summed E-state index contributed by atoms with van der Waals surface area (Å²) in [4.78, 5) is 15.1. The monoisotopic (exact) mass is 418 g/mol. The first-order valence-electron chi connectivity index (χ1n) is 10.2. The highest BCUT2D eigenvalue weighted by atomic mass is 32.2. The van der Waals surface area contributed by atoms with E-state index in [0.717, 1.165) is 41.8 Å². The molecule has 0 aliphatic carbocycles. The van der Waals surface area contributed by atoms with Gasteiger partial charge in [-0.3, -0.25) is 9.10 Å². The molecule has 0 saturated carbocycles. The molecule has 1 amide bonds. The molecular weight excluding hydrogens is 396 g/mol. The summed E-state index contributed by atoms with van der Waals surface area (Å²) in [5.74, 6) is -0.170. The van der Waals surface area contributed by atoms with Gasteiger partial charge >= 0.3 is 0 Å². The quantitative estimate of drug-likeness (QED) is 0.645. The SMILES string of the molecule is O=C(c1cccc(S(=O)(=O)N2CCCc3ccccc32)c1)N1CCc2ccccc21. The Labute approximate surface area is 176 Å². The average molecular weight is 419 g/mol. The van der Waals surface area contributed by atoms with Gasteiger partial charge < -0.3 is 4.90 Å². The first-order chi connectivity index (χ1) is 14.6. The van der Waals surface area contributed by atoms with Gasteiger partial charge in [0.05, 0.1) is 10.6 Å². The number of hydrogen-bond donors (Lipinski definition) is 0.